The van der Waals surface area contributed by atoms with E-state index in [4.69, 9.17) is 9.26 Å². The SMILES string of the molecule is CCNC(=NCc1cc(C(CC)CC)no1)NCCc1ccccc1OC.I. The molecule has 0 fully saturated rings. The maximum Gasteiger partial charge on any atom is 0.191 e. The summed E-state index contributed by atoms with van der Waals surface area (Å²) in [5.74, 6) is 2.93. The molecular weight excluding hydrogens is 467 g/mol. The van der Waals surface area contributed by atoms with Crippen molar-refractivity contribution < 1.29 is 9.26 Å². The maximum absolute atomic E-state index is 5.45. The van der Waals surface area contributed by atoms with Crippen molar-refractivity contribution in [2.24, 2.45) is 4.99 Å². The van der Waals surface area contributed by atoms with E-state index in [2.05, 4.69) is 47.6 Å². The number of benzene rings is 1. The molecule has 0 amide bonds. The number of rotatable bonds is 10. The summed E-state index contributed by atoms with van der Waals surface area (Å²) >= 11 is 0. The Morgan fingerprint density at radius 3 is 2.61 bits per heavy atom. The van der Waals surface area contributed by atoms with Crippen molar-refractivity contribution in [2.45, 2.75) is 52.5 Å². The van der Waals surface area contributed by atoms with Crippen molar-refractivity contribution in [2.75, 3.05) is 20.2 Å². The number of methoxy groups -OCH3 is 1. The molecule has 1 aromatic heterocycles. The number of nitrogens with one attached hydrogen (secondary N) is 2. The van der Waals surface area contributed by atoms with Gasteiger partial charge in [-0.15, -0.1) is 24.0 Å². The lowest BCUT2D eigenvalue weighted by molar-refractivity contribution is 0.372. The molecule has 0 saturated heterocycles. The minimum Gasteiger partial charge on any atom is -0.496 e. The average molecular weight is 500 g/mol. The van der Waals surface area contributed by atoms with Crippen LogP contribution in [0.5, 0.6) is 5.75 Å². The van der Waals surface area contributed by atoms with E-state index in [1.54, 1.807) is 7.11 Å². The molecule has 0 aliphatic carbocycles. The topological polar surface area (TPSA) is 71.7 Å². The van der Waals surface area contributed by atoms with Gasteiger partial charge in [0.1, 0.15) is 12.3 Å². The summed E-state index contributed by atoms with van der Waals surface area (Å²) in [6, 6.07) is 10.1. The molecule has 0 atom stereocenters. The van der Waals surface area contributed by atoms with Gasteiger partial charge in [-0.1, -0.05) is 37.2 Å². The Hall–Kier alpha value is -1.77. The summed E-state index contributed by atoms with van der Waals surface area (Å²) in [4.78, 5) is 4.61. The second-order valence-electron chi connectivity index (χ2n) is 6.42. The Morgan fingerprint density at radius 1 is 1.18 bits per heavy atom. The molecule has 0 radical (unpaired) electrons. The van der Waals surface area contributed by atoms with Gasteiger partial charge in [0.05, 0.1) is 12.8 Å². The first-order valence-corrected chi connectivity index (χ1v) is 9.81. The van der Waals surface area contributed by atoms with E-state index < -0.39 is 0 Å². The lowest BCUT2D eigenvalue weighted by Crippen LogP contribution is -2.38. The molecule has 1 heterocycles. The van der Waals surface area contributed by atoms with Crippen LogP contribution in [-0.2, 0) is 13.0 Å². The highest BCUT2D eigenvalue weighted by atomic mass is 127. The lowest BCUT2D eigenvalue weighted by Gasteiger charge is -2.12. The highest BCUT2D eigenvalue weighted by Gasteiger charge is 2.12. The Bertz CT molecular complexity index is 714. The second kappa shape index (κ2) is 13.4. The molecule has 2 aromatic rings. The molecule has 2 rings (SSSR count). The number of para-hydroxylation sites is 1. The molecule has 1 aromatic carbocycles. The summed E-state index contributed by atoms with van der Waals surface area (Å²) in [5.41, 5.74) is 2.20. The van der Waals surface area contributed by atoms with Crippen LogP contribution in [0, 0.1) is 0 Å². The van der Waals surface area contributed by atoms with Crippen LogP contribution in [0.15, 0.2) is 39.8 Å². The van der Waals surface area contributed by atoms with Crippen LogP contribution >= 0.6 is 24.0 Å². The summed E-state index contributed by atoms with van der Waals surface area (Å²) in [5, 5.41) is 10.8. The maximum atomic E-state index is 5.45. The van der Waals surface area contributed by atoms with Gasteiger partial charge in [-0.3, -0.25) is 0 Å². The first-order chi connectivity index (χ1) is 13.2. The van der Waals surface area contributed by atoms with Gasteiger partial charge >= 0.3 is 0 Å². The lowest BCUT2D eigenvalue weighted by atomic mass is 9.99. The molecule has 0 bridgehead atoms. The molecule has 6 nitrogen and oxygen atoms in total. The Kier molecular flexibility index (Phi) is 11.6. The van der Waals surface area contributed by atoms with E-state index in [0.717, 1.165) is 55.5 Å². The van der Waals surface area contributed by atoms with Crippen LogP contribution < -0.4 is 15.4 Å². The summed E-state index contributed by atoms with van der Waals surface area (Å²) < 4.78 is 10.9. The Morgan fingerprint density at radius 2 is 1.93 bits per heavy atom. The van der Waals surface area contributed by atoms with E-state index in [-0.39, 0.29) is 24.0 Å². The molecule has 0 aliphatic rings. The van der Waals surface area contributed by atoms with Crippen LogP contribution in [0.4, 0.5) is 0 Å². The fourth-order valence-corrected chi connectivity index (χ4v) is 3.03. The number of ether oxygens (including phenoxy) is 1. The smallest absolute Gasteiger partial charge is 0.191 e. The molecule has 0 spiro atoms. The van der Waals surface area contributed by atoms with Crippen LogP contribution in [0.3, 0.4) is 0 Å². The normalized spacial score (nSPS) is 11.2. The van der Waals surface area contributed by atoms with Gasteiger partial charge in [0.15, 0.2) is 11.7 Å². The van der Waals surface area contributed by atoms with Crippen molar-refractivity contribution in [1.29, 1.82) is 0 Å². The average Bonchev–Trinajstić information content (AvgIpc) is 3.16. The van der Waals surface area contributed by atoms with E-state index >= 15 is 0 Å². The number of hydrogen-bond donors (Lipinski definition) is 2. The number of guanidine groups is 1. The third kappa shape index (κ3) is 7.33. The summed E-state index contributed by atoms with van der Waals surface area (Å²) in [6.07, 6.45) is 2.99. The molecule has 2 N–H and O–H groups in total. The van der Waals surface area contributed by atoms with Gasteiger partial charge in [0, 0.05) is 25.1 Å². The zero-order valence-electron chi connectivity index (χ0n) is 17.3. The van der Waals surface area contributed by atoms with Crippen LogP contribution in [0.25, 0.3) is 0 Å². The quantitative estimate of drug-likeness (QED) is 0.286. The molecule has 28 heavy (non-hydrogen) atoms. The monoisotopic (exact) mass is 500 g/mol. The van der Waals surface area contributed by atoms with Crippen LogP contribution in [0.1, 0.15) is 56.5 Å². The Labute approximate surface area is 185 Å². The first kappa shape index (κ1) is 24.3. The zero-order valence-corrected chi connectivity index (χ0v) is 19.7. The zero-order chi connectivity index (χ0) is 19.5. The third-order valence-electron chi connectivity index (χ3n) is 4.60. The Balaban J connectivity index is 0.00000392. The molecule has 0 saturated carbocycles. The van der Waals surface area contributed by atoms with Crippen molar-refractivity contribution in [1.82, 2.24) is 15.8 Å². The van der Waals surface area contributed by atoms with Crippen molar-refractivity contribution >= 4 is 29.9 Å². The predicted molar refractivity (Wildman–Crippen MR) is 125 cm³/mol. The van der Waals surface area contributed by atoms with Crippen molar-refractivity contribution in [3.63, 3.8) is 0 Å². The number of nitrogens with zero attached hydrogens (tertiary/aromatic N) is 2. The van der Waals surface area contributed by atoms with E-state index in [0.29, 0.717) is 12.5 Å². The van der Waals surface area contributed by atoms with E-state index in [9.17, 15) is 0 Å². The van der Waals surface area contributed by atoms with Crippen LogP contribution in [0.2, 0.25) is 0 Å². The predicted octanol–water partition coefficient (Wildman–Crippen LogP) is 4.50. The van der Waals surface area contributed by atoms with E-state index in [1.807, 2.05) is 24.3 Å². The standard InChI is InChI=1S/C21H32N4O2.HI/c1-5-16(6-2)19-14-18(27-25-19)15-24-21(22-7-3)23-13-12-17-10-8-9-11-20(17)26-4;/h8-11,14,16H,5-7,12-13,15H2,1-4H3,(H2,22,23,24);1H. The third-order valence-corrected chi connectivity index (χ3v) is 4.60. The largest absolute Gasteiger partial charge is 0.496 e. The van der Waals surface area contributed by atoms with Gasteiger partial charge in [0.2, 0.25) is 0 Å². The molecule has 7 heteroatoms. The van der Waals surface area contributed by atoms with Crippen molar-refractivity contribution in [3.8, 4) is 5.75 Å². The molecular formula is C21H33IN4O2. The highest BCUT2D eigenvalue weighted by Crippen LogP contribution is 2.22. The van der Waals surface area contributed by atoms with Crippen molar-refractivity contribution in [3.05, 3.63) is 47.3 Å². The van der Waals surface area contributed by atoms with Gasteiger partial charge in [-0.2, -0.15) is 0 Å². The van der Waals surface area contributed by atoms with Gasteiger partial charge in [0.25, 0.3) is 0 Å². The summed E-state index contributed by atoms with van der Waals surface area (Å²) in [7, 11) is 1.70. The fourth-order valence-electron chi connectivity index (χ4n) is 3.03. The number of hydrogen-bond acceptors (Lipinski definition) is 4. The molecule has 156 valence electrons. The fraction of sp³-hybridized carbons (Fsp3) is 0.524. The van der Waals surface area contributed by atoms with Gasteiger partial charge in [-0.25, -0.2) is 4.99 Å². The molecule has 0 unspecified atom stereocenters. The number of halogens is 1. The second-order valence-corrected chi connectivity index (χ2v) is 6.42. The van der Waals surface area contributed by atoms with E-state index in [1.165, 1.54) is 5.56 Å². The number of aromatic nitrogens is 1. The van der Waals surface area contributed by atoms with Crippen LogP contribution in [-0.4, -0.2) is 31.3 Å². The number of aliphatic imine (C=N–C) groups is 1. The van der Waals surface area contributed by atoms with Gasteiger partial charge in [-0.05, 0) is 37.8 Å². The first-order valence-electron chi connectivity index (χ1n) is 9.81. The minimum atomic E-state index is 0. The molecule has 0 aliphatic heterocycles. The summed E-state index contributed by atoms with van der Waals surface area (Å²) in [6.45, 7) is 8.44. The highest BCUT2D eigenvalue weighted by molar-refractivity contribution is 14.0. The minimum absolute atomic E-state index is 0. The van der Waals surface area contributed by atoms with Gasteiger partial charge < -0.3 is 19.9 Å².